The SMILES string of the molecule is CC(C)CC(C)C(O)C(O)C(C)C. The van der Waals surface area contributed by atoms with Crippen molar-refractivity contribution in [2.75, 3.05) is 0 Å². The summed E-state index contributed by atoms with van der Waals surface area (Å²) in [5, 5.41) is 19.4. The standard InChI is InChI=1S/C11H24O2/c1-7(2)6-9(5)11(13)10(12)8(3)4/h7-13H,6H2,1-5H3. The van der Waals surface area contributed by atoms with Crippen molar-refractivity contribution >= 4 is 0 Å². The first kappa shape index (κ1) is 12.9. The average Bonchev–Trinajstić information content (AvgIpc) is 2.00. The minimum Gasteiger partial charge on any atom is -0.390 e. The molecule has 0 amide bonds. The normalized spacial score (nSPS) is 19.2. The molecule has 2 nitrogen and oxygen atoms in total. The van der Waals surface area contributed by atoms with Gasteiger partial charge in [0.25, 0.3) is 0 Å². The van der Waals surface area contributed by atoms with Crippen LogP contribution in [0.4, 0.5) is 0 Å². The van der Waals surface area contributed by atoms with Gasteiger partial charge in [0.15, 0.2) is 0 Å². The van der Waals surface area contributed by atoms with E-state index in [4.69, 9.17) is 0 Å². The van der Waals surface area contributed by atoms with Crippen molar-refractivity contribution in [3.8, 4) is 0 Å². The second-order valence-corrected chi connectivity index (χ2v) is 4.83. The number of hydrogen-bond donors (Lipinski definition) is 2. The molecule has 80 valence electrons. The van der Waals surface area contributed by atoms with Crippen LogP contribution >= 0.6 is 0 Å². The summed E-state index contributed by atoms with van der Waals surface area (Å²) < 4.78 is 0. The van der Waals surface area contributed by atoms with Gasteiger partial charge >= 0.3 is 0 Å². The predicted octanol–water partition coefficient (Wildman–Crippen LogP) is 2.05. The van der Waals surface area contributed by atoms with Gasteiger partial charge in [-0.15, -0.1) is 0 Å². The van der Waals surface area contributed by atoms with E-state index in [0.717, 1.165) is 6.42 Å². The third kappa shape index (κ3) is 4.63. The lowest BCUT2D eigenvalue weighted by Gasteiger charge is -2.27. The quantitative estimate of drug-likeness (QED) is 0.693. The van der Waals surface area contributed by atoms with Crippen LogP contribution in [0, 0.1) is 17.8 Å². The van der Waals surface area contributed by atoms with Crippen LogP contribution < -0.4 is 0 Å². The molecule has 0 fully saturated rings. The van der Waals surface area contributed by atoms with E-state index in [9.17, 15) is 10.2 Å². The Morgan fingerprint density at radius 2 is 1.31 bits per heavy atom. The van der Waals surface area contributed by atoms with E-state index in [-0.39, 0.29) is 11.8 Å². The summed E-state index contributed by atoms with van der Waals surface area (Å²) in [7, 11) is 0. The van der Waals surface area contributed by atoms with E-state index >= 15 is 0 Å². The maximum atomic E-state index is 9.76. The van der Waals surface area contributed by atoms with Crippen LogP contribution in [0.25, 0.3) is 0 Å². The topological polar surface area (TPSA) is 40.5 Å². The van der Waals surface area contributed by atoms with Crippen LogP contribution in [0.1, 0.15) is 41.0 Å². The fourth-order valence-electron chi connectivity index (χ4n) is 1.61. The Kier molecular flexibility index (Phi) is 5.57. The van der Waals surface area contributed by atoms with Crippen LogP contribution in [0.2, 0.25) is 0 Å². The fourth-order valence-corrected chi connectivity index (χ4v) is 1.61. The van der Waals surface area contributed by atoms with Gasteiger partial charge in [-0.05, 0) is 24.2 Å². The van der Waals surface area contributed by atoms with Gasteiger partial charge < -0.3 is 10.2 Å². The molecule has 0 saturated carbocycles. The summed E-state index contributed by atoms with van der Waals surface area (Å²) in [6.45, 7) is 10.1. The molecule has 0 aromatic heterocycles. The molecule has 3 atom stereocenters. The smallest absolute Gasteiger partial charge is 0.0827 e. The molecule has 0 bridgehead atoms. The highest BCUT2D eigenvalue weighted by molar-refractivity contribution is 4.75. The third-order valence-corrected chi connectivity index (χ3v) is 2.46. The second kappa shape index (κ2) is 5.61. The molecule has 0 aromatic rings. The maximum absolute atomic E-state index is 9.76. The predicted molar refractivity (Wildman–Crippen MR) is 55.5 cm³/mol. The Hall–Kier alpha value is -0.0800. The van der Waals surface area contributed by atoms with Crippen LogP contribution in [0.15, 0.2) is 0 Å². The zero-order chi connectivity index (χ0) is 10.6. The maximum Gasteiger partial charge on any atom is 0.0827 e. The lowest BCUT2D eigenvalue weighted by atomic mass is 9.87. The van der Waals surface area contributed by atoms with Crippen LogP contribution in [-0.4, -0.2) is 22.4 Å². The molecule has 0 aliphatic heterocycles. The molecule has 0 aromatic carbocycles. The molecule has 0 saturated heterocycles. The number of aliphatic hydroxyl groups is 2. The third-order valence-electron chi connectivity index (χ3n) is 2.46. The van der Waals surface area contributed by atoms with Gasteiger partial charge in [0.2, 0.25) is 0 Å². The monoisotopic (exact) mass is 188 g/mol. The molecular weight excluding hydrogens is 164 g/mol. The van der Waals surface area contributed by atoms with Gasteiger partial charge in [-0.2, -0.15) is 0 Å². The van der Waals surface area contributed by atoms with Gasteiger partial charge in [-0.25, -0.2) is 0 Å². The van der Waals surface area contributed by atoms with Crippen LogP contribution in [0.5, 0.6) is 0 Å². The molecule has 0 spiro atoms. The van der Waals surface area contributed by atoms with E-state index in [1.807, 2.05) is 20.8 Å². The van der Waals surface area contributed by atoms with Crippen LogP contribution in [-0.2, 0) is 0 Å². The Morgan fingerprint density at radius 1 is 0.846 bits per heavy atom. The Labute approximate surface area is 82.0 Å². The van der Waals surface area contributed by atoms with E-state index in [2.05, 4.69) is 13.8 Å². The van der Waals surface area contributed by atoms with Crippen molar-refractivity contribution in [2.45, 2.75) is 53.2 Å². The molecule has 0 aliphatic rings. The van der Waals surface area contributed by atoms with Crippen molar-refractivity contribution in [3.05, 3.63) is 0 Å². The molecular formula is C11H24O2. The summed E-state index contributed by atoms with van der Waals surface area (Å²) in [6.07, 6.45) is -0.207. The summed E-state index contributed by atoms with van der Waals surface area (Å²) in [5.74, 6) is 0.881. The average molecular weight is 188 g/mol. The van der Waals surface area contributed by atoms with E-state index in [1.165, 1.54) is 0 Å². The molecule has 13 heavy (non-hydrogen) atoms. The minimum atomic E-state index is -0.589. The van der Waals surface area contributed by atoms with Crippen molar-refractivity contribution in [2.24, 2.45) is 17.8 Å². The van der Waals surface area contributed by atoms with E-state index in [1.54, 1.807) is 0 Å². The first-order valence-corrected chi connectivity index (χ1v) is 5.22. The van der Waals surface area contributed by atoms with E-state index < -0.39 is 12.2 Å². The van der Waals surface area contributed by atoms with Crippen molar-refractivity contribution in [1.29, 1.82) is 0 Å². The van der Waals surface area contributed by atoms with E-state index in [0.29, 0.717) is 5.92 Å². The highest BCUT2D eigenvalue weighted by Gasteiger charge is 2.25. The highest BCUT2D eigenvalue weighted by atomic mass is 16.3. The first-order valence-electron chi connectivity index (χ1n) is 5.22. The fraction of sp³-hybridized carbons (Fsp3) is 1.00. The van der Waals surface area contributed by atoms with Gasteiger partial charge in [-0.1, -0.05) is 34.6 Å². The lowest BCUT2D eigenvalue weighted by Crippen LogP contribution is -2.36. The molecule has 0 aliphatic carbocycles. The number of aliphatic hydroxyl groups excluding tert-OH is 2. The Balaban J connectivity index is 4.01. The molecule has 0 rings (SSSR count). The molecule has 3 unspecified atom stereocenters. The molecule has 0 heterocycles. The molecule has 2 N–H and O–H groups in total. The first-order chi connectivity index (χ1) is 5.86. The second-order valence-electron chi connectivity index (χ2n) is 4.83. The Morgan fingerprint density at radius 3 is 1.62 bits per heavy atom. The van der Waals surface area contributed by atoms with Crippen LogP contribution in [0.3, 0.4) is 0 Å². The van der Waals surface area contributed by atoms with Gasteiger partial charge in [0.1, 0.15) is 0 Å². The summed E-state index contributed by atoms with van der Waals surface area (Å²) in [6, 6.07) is 0. The zero-order valence-corrected chi connectivity index (χ0v) is 9.49. The molecule has 2 heteroatoms. The van der Waals surface area contributed by atoms with Crippen molar-refractivity contribution < 1.29 is 10.2 Å². The van der Waals surface area contributed by atoms with Gasteiger partial charge in [0.05, 0.1) is 12.2 Å². The number of hydrogen-bond acceptors (Lipinski definition) is 2. The largest absolute Gasteiger partial charge is 0.390 e. The lowest BCUT2D eigenvalue weighted by molar-refractivity contribution is -0.0400. The minimum absolute atomic E-state index is 0.129. The van der Waals surface area contributed by atoms with Gasteiger partial charge in [0, 0.05) is 0 Å². The summed E-state index contributed by atoms with van der Waals surface area (Å²) in [4.78, 5) is 0. The number of rotatable bonds is 5. The van der Waals surface area contributed by atoms with Crippen molar-refractivity contribution in [3.63, 3.8) is 0 Å². The van der Waals surface area contributed by atoms with Crippen molar-refractivity contribution in [1.82, 2.24) is 0 Å². The Bertz CT molecular complexity index is 132. The van der Waals surface area contributed by atoms with Gasteiger partial charge in [-0.3, -0.25) is 0 Å². The summed E-state index contributed by atoms with van der Waals surface area (Å²) in [5.41, 5.74) is 0. The zero-order valence-electron chi connectivity index (χ0n) is 9.49. The highest BCUT2D eigenvalue weighted by Crippen LogP contribution is 2.20. The molecule has 0 radical (unpaired) electrons. The summed E-state index contributed by atoms with van der Waals surface area (Å²) >= 11 is 0.